The van der Waals surface area contributed by atoms with Crippen LogP contribution in [0.4, 0.5) is 18.9 Å². The molecule has 0 unspecified atom stereocenters. The zero-order chi connectivity index (χ0) is 16.8. The first kappa shape index (κ1) is 16.6. The fraction of sp³-hybridized carbons (Fsp3) is 0.600. The van der Waals surface area contributed by atoms with Crippen LogP contribution in [0.1, 0.15) is 37.7 Å². The van der Waals surface area contributed by atoms with Gasteiger partial charge in [-0.1, -0.05) is 12.8 Å². The van der Waals surface area contributed by atoms with Gasteiger partial charge in [0.1, 0.15) is 0 Å². The normalized spacial score (nSPS) is 25.5. The van der Waals surface area contributed by atoms with Crippen LogP contribution in [0.25, 0.3) is 0 Å². The Kier molecular flexibility index (Phi) is 4.08. The Labute approximate surface area is 133 Å². The van der Waals surface area contributed by atoms with Crippen LogP contribution in [0, 0.1) is 5.92 Å². The number of halogens is 3. The maximum atomic E-state index is 13.2. The van der Waals surface area contributed by atoms with Crippen molar-refractivity contribution in [1.29, 1.82) is 0 Å². The molecule has 23 heavy (non-hydrogen) atoms. The number of sulfonamides is 1. The van der Waals surface area contributed by atoms with Crippen molar-refractivity contribution in [3.8, 4) is 0 Å². The highest BCUT2D eigenvalue weighted by Crippen LogP contribution is 2.41. The zero-order valence-corrected chi connectivity index (χ0v) is 13.3. The zero-order valence-electron chi connectivity index (χ0n) is 12.5. The lowest BCUT2D eigenvalue weighted by molar-refractivity contribution is -0.139. The minimum atomic E-state index is -4.76. The lowest BCUT2D eigenvalue weighted by Gasteiger charge is -2.33. The van der Waals surface area contributed by atoms with Gasteiger partial charge in [-0.15, -0.1) is 0 Å². The molecule has 1 saturated heterocycles. The van der Waals surface area contributed by atoms with E-state index in [1.165, 1.54) is 12.5 Å². The summed E-state index contributed by atoms with van der Waals surface area (Å²) in [5.74, 6) is 0.524. The first-order valence-corrected chi connectivity index (χ1v) is 9.23. The van der Waals surface area contributed by atoms with Crippen LogP contribution in [-0.2, 0) is 16.2 Å². The van der Waals surface area contributed by atoms with E-state index in [2.05, 4.69) is 0 Å². The molecule has 0 spiro atoms. The molecular weight excluding hydrogens is 329 g/mol. The summed E-state index contributed by atoms with van der Waals surface area (Å²) in [6, 6.07) is 3.59. The summed E-state index contributed by atoms with van der Waals surface area (Å²) in [6.07, 6.45) is 0.560. The number of rotatable bonds is 2. The number of alkyl halides is 3. The summed E-state index contributed by atoms with van der Waals surface area (Å²) < 4.78 is 62.6. The summed E-state index contributed by atoms with van der Waals surface area (Å²) in [5.41, 5.74) is -0.754. The van der Waals surface area contributed by atoms with E-state index in [4.69, 9.17) is 5.14 Å². The van der Waals surface area contributed by atoms with E-state index in [9.17, 15) is 21.6 Å². The molecule has 2 fully saturated rings. The van der Waals surface area contributed by atoms with Crippen molar-refractivity contribution in [2.24, 2.45) is 11.1 Å². The van der Waals surface area contributed by atoms with Crippen LogP contribution in [-0.4, -0.2) is 21.0 Å². The van der Waals surface area contributed by atoms with Gasteiger partial charge in [0.15, 0.2) is 0 Å². The molecule has 128 valence electrons. The van der Waals surface area contributed by atoms with Crippen molar-refractivity contribution in [3.05, 3.63) is 23.8 Å². The molecular formula is C15H19F3N2O2S. The van der Waals surface area contributed by atoms with Gasteiger partial charge in [-0.2, -0.15) is 13.2 Å². The van der Waals surface area contributed by atoms with Crippen LogP contribution in [0.3, 0.4) is 0 Å². The van der Waals surface area contributed by atoms with Crippen molar-refractivity contribution in [2.45, 2.75) is 49.2 Å². The third-order valence-corrected chi connectivity index (χ3v) is 5.89. The monoisotopic (exact) mass is 348 g/mol. The number of hydrogen-bond donors (Lipinski definition) is 1. The Morgan fingerprint density at radius 2 is 1.83 bits per heavy atom. The molecule has 1 aliphatic heterocycles. The highest BCUT2D eigenvalue weighted by atomic mass is 32.2. The molecule has 1 aromatic rings. The summed E-state index contributed by atoms with van der Waals surface area (Å²) in [4.78, 5) is 1.12. The van der Waals surface area contributed by atoms with E-state index < -0.39 is 26.7 Å². The lowest BCUT2D eigenvalue weighted by Crippen LogP contribution is -2.35. The van der Waals surface area contributed by atoms with Gasteiger partial charge in [0.25, 0.3) is 0 Å². The number of fused-ring (bicyclic) bond motifs is 1. The fourth-order valence-electron chi connectivity index (χ4n) is 3.89. The summed E-state index contributed by atoms with van der Waals surface area (Å²) in [5, 5.41) is 4.92. The SMILES string of the molecule is NS(=O)(=O)c1ccc(N2CC[C@@H]3CCCC[C@H]32)cc1C(F)(F)F. The number of anilines is 1. The lowest BCUT2D eigenvalue weighted by atomic mass is 9.85. The Balaban J connectivity index is 2.02. The van der Waals surface area contributed by atoms with E-state index >= 15 is 0 Å². The molecule has 4 nitrogen and oxygen atoms in total. The first-order chi connectivity index (χ1) is 10.7. The molecule has 3 rings (SSSR count). The van der Waals surface area contributed by atoms with Crippen LogP contribution in [0.5, 0.6) is 0 Å². The second-order valence-electron chi connectivity index (χ2n) is 6.32. The fourth-order valence-corrected chi connectivity index (χ4v) is 4.63. The standard InChI is InChI=1S/C15H19F3N2O2S/c16-15(17,18)12-9-11(5-6-14(12)23(19,21)22)20-8-7-10-3-1-2-4-13(10)20/h5-6,9-10,13H,1-4,7-8H2,(H2,19,21,22)/t10-,13+/m0/s1. The molecule has 1 aliphatic carbocycles. The number of nitrogens with two attached hydrogens (primary N) is 1. The van der Waals surface area contributed by atoms with Crippen molar-refractivity contribution in [3.63, 3.8) is 0 Å². The topological polar surface area (TPSA) is 63.4 Å². The highest BCUT2D eigenvalue weighted by Gasteiger charge is 2.39. The van der Waals surface area contributed by atoms with E-state index in [1.807, 2.05) is 4.90 Å². The van der Waals surface area contributed by atoms with Crippen molar-refractivity contribution in [1.82, 2.24) is 0 Å². The van der Waals surface area contributed by atoms with Gasteiger partial charge in [0, 0.05) is 18.3 Å². The average molecular weight is 348 g/mol. The van der Waals surface area contributed by atoms with Crippen molar-refractivity contribution >= 4 is 15.7 Å². The minimum absolute atomic E-state index is 0.255. The van der Waals surface area contributed by atoms with Crippen LogP contribution >= 0.6 is 0 Å². The molecule has 2 N–H and O–H groups in total. The molecule has 8 heteroatoms. The van der Waals surface area contributed by atoms with E-state index in [0.29, 0.717) is 18.2 Å². The predicted molar refractivity (Wildman–Crippen MR) is 80.5 cm³/mol. The minimum Gasteiger partial charge on any atom is -0.368 e. The Morgan fingerprint density at radius 3 is 2.48 bits per heavy atom. The van der Waals surface area contributed by atoms with E-state index in [0.717, 1.165) is 37.8 Å². The molecule has 1 saturated carbocycles. The summed E-state index contributed by atoms with van der Waals surface area (Å²) >= 11 is 0. The highest BCUT2D eigenvalue weighted by molar-refractivity contribution is 7.89. The van der Waals surface area contributed by atoms with E-state index in [-0.39, 0.29) is 6.04 Å². The van der Waals surface area contributed by atoms with Gasteiger partial charge in [0.2, 0.25) is 10.0 Å². The molecule has 0 aromatic heterocycles. The number of primary sulfonamides is 1. The molecule has 0 bridgehead atoms. The number of hydrogen-bond acceptors (Lipinski definition) is 3. The first-order valence-electron chi connectivity index (χ1n) is 7.68. The molecule has 0 amide bonds. The Bertz CT molecular complexity index is 703. The molecule has 1 heterocycles. The van der Waals surface area contributed by atoms with Gasteiger partial charge in [0.05, 0.1) is 10.5 Å². The van der Waals surface area contributed by atoms with Gasteiger partial charge < -0.3 is 4.90 Å². The number of benzene rings is 1. The van der Waals surface area contributed by atoms with Crippen LogP contribution in [0.2, 0.25) is 0 Å². The van der Waals surface area contributed by atoms with Gasteiger partial charge in [-0.3, -0.25) is 0 Å². The third-order valence-electron chi connectivity index (χ3n) is 4.92. The van der Waals surface area contributed by atoms with Gasteiger partial charge in [-0.05, 0) is 43.4 Å². The van der Waals surface area contributed by atoms with Crippen molar-refractivity contribution in [2.75, 3.05) is 11.4 Å². The predicted octanol–water partition coefficient (Wildman–Crippen LogP) is 3.12. The van der Waals surface area contributed by atoms with Crippen molar-refractivity contribution < 1.29 is 21.6 Å². The molecule has 2 aliphatic rings. The summed E-state index contributed by atoms with van der Waals surface area (Å²) in [6.45, 7) is 0.710. The van der Waals surface area contributed by atoms with Crippen LogP contribution in [0.15, 0.2) is 23.1 Å². The maximum absolute atomic E-state index is 13.2. The Morgan fingerprint density at radius 1 is 1.13 bits per heavy atom. The second-order valence-corrected chi connectivity index (χ2v) is 7.85. The molecule has 2 atom stereocenters. The third kappa shape index (κ3) is 3.19. The largest absolute Gasteiger partial charge is 0.417 e. The number of nitrogens with zero attached hydrogens (tertiary/aromatic N) is 1. The smallest absolute Gasteiger partial charge is 0.368 e. The quantitative estimate of drug-likeness (QED) is 0.893. The summed E-state index contributed by atoms with van der Waals surface area (Å²) in [7, 11) is -4.42. The van der Waals surface area contributed by atoms with Gasteiger partial charge in [-0.25, -0.2) is 13.6 Å². The molecule has 1 aromatic carbocycles. The maximum Gasteiger partial charge on any atom is 0.417 e. The van der Waals surface area contributed by atoms with Crippen LogP contribution < -0.4 is 10.0 Å². The van der Waals surface area contributed by atoms with E-state index in [1.54, 1.807) is 0 Å². The Hall–Kier alpha value is -1.28. The second kappa shape index (κ2) is 5.66. The molecule has 0 radical (unpaired) electrons. The average Bonchev–Trinajstić information content (AvgIpc) is 2.88. The van der Waals surface area contributed by atoms with Gasteiger partial charge >= 0.3 is 6.18 Å².